The first kappa shape index (κ1) is 24.9. The number of unbranched alkanes of at least 4 members (excludes halogenated alkanes) is 10. The highest BCUT2D eigenvalue weighted by molar-refractivity contribution is 5.94. The molecule has 1 aromatic heterocycles. The Morgan fingerprint density at radius 3 is 2.29 bits per heavy atom. The van der Waals surface area contributed by atoms with E-state index in [0.717, 1.165) is 12.0 Å². The molecule has 0 aliphatic heterocycles. The predicted molar refractivity (Wildman–Crippen MR) is 127 cm³/mol. The van der Waals surface area contributed by atoms with Crippen LogP contribution in [0.3, 0.4) is 0 Å². The van der Waals surface area contributed by atoms with Crippen molar-refractivity contribution in [1.82, 2.24) is 10.3 Å². The van der Waals surface area contributed by atoms with Crippen LogP contribution in [-0.2, 0) is 6.54 Å². The molecule has 170 valence electrons. The highest BCUT2D eigenvalue weighted by Crippen LogP contribution is 2.21. The molecule has 2 rings (SSSR count). The van der Waals surface area contributed by atoms with Crippen LogP contribution in [0.1, 0.15) is 93.5 Å². The number of nitrogens with zero attached hydrogens (tertiary/aromatic N) is 1. The van der Waals surface area contributed by atoms with E-state index in [2.05, 4.69) is 17.2 Å². The molecular formula is C26H39N3O2. The first-order valence-electron chi connectivity index (χ1n) is 11.9. The van der Waals surface area contributed by atoms with Gasteiger partial charge in [-0.25, -0.2) is 4.98 Å². The van der Waals surface area contributed by atoms with Crippen LogP contribution >= 0.6 is 0 Å². The van der Waals surface area contributed by atoms with E-state index in [4.69, 9.17) is 10.5 Å². The molecule has 0 bridgehead atoms. The lowest BCUT2D eigenvalue weighted by Gasteiger charge is -2.09. The van der Waals surface area contributed by atoms with E-state index >= 15 is 0 Å². The Hall–Kier alpha value is -2.40. The van der Waals surface area contributed by atoms with Crippen molar-refractivity contribution in [3.8, 4) is 11.6 Å². The molecule has 0 aliphatic carbocycles. The summed E-state index contributed by atoms with van der Waals surface area (Å²) in [6.07, 6.45) is 16.0. The van der Waals surface area contributed by atoms with E-state index in [1.807, 2.05) is 18.2 Å². The number of carbonyl (C=O) groups excluding carboxylic acids is 1. The van der Waals surface area contributed by atoms with Gasteiger partial charge >= 0.3 is 0 Å². The van der Waals surface area contributed by atoms with E-state index in [-0.39, 0.29) is 5.91 Å². The molecule has 5 nitrogen and oxygen atoms in total. The topological polar surface area (TPSA) is 77.2 Å². The summed E-state index contributed by atoms with van der Waals surface area (Å²) >= 11 is 0. The summed E-state index contributed by atoms with van der Waals surface area (Å²) in [5, 5.41) is 3.01. The maximum atomic E-state index is 12.4. The summed E-state index contributed by atoms with van der Waals surface area (Å²) < 4.78 is 5.78. The van der Waals surface area contributed by atoms with Crippen molar-refractivity contribution in [3.05, 3.63) is 53.7 Å². The monoisotopic (exact) mass is 425 g/mol. The maximum Gasteiger partial charge on any atom is 0.251 e. The average Bonchev–Trinajstić information content (AvgIpc) is 2.80. The number of pyridine rings is 1. The van der Waals surface area contributed by atoms with Crippen molar-refractivity contribution in [2.24, 2.45) is 5.73 Å². The second-order valence-electron chi connectivity index (χ2n) is 8.13. The Morgan fingerprint density at radius 2 is 1.61 bits per heavy atom. The van der Waals surface area contributed by atoms with Crippen molar-refractivity contribution in [2.45, 2.75) is 84.1 Å². The molecule has 1 amide bonds. The summed E-state index contributed by atoms with van der Waals surface area (Å²) in [5.41, 5.74) is 7.20. The molecule has 0 spiro atoms. The van der Waals surface area contributed by atoms with Gasteiger partial charge < -0.3 is 15.8 Å². The number of rotatable bonds is 16. The van der Waals surface area contributed by atoms with Crippen molar-refractivity contribution in [1.29, 1.82) is 0 Å². The Balaban J connectivity index is 1.60. The normalized spacial score (nSPS) is 10.8. The lowest BCUT2D eigenvalue weighted by Crippen LogP contribution is -2.24. The molecule has 0 saturated carbocycles. The molecule has 0 aliphatic rings. The predicted octanol–water partition coefficient (Wildman–Crippen LogP) is 6.37. The molecule has 0 saturated heterocycles. The van der Waals surface area contributed by atoms with Crippen LogP contribution in [0.25, 0.3) is 0 Å². The summed E-state index contributed by atoms with van der Waals surface area (Å²) in [6.45, 7) is 3.40. The number of hydrogen-bond acceptors (Lipinski definition) is 4. The van der Waals surface area contributed by atoms with Gasteiger partial charge in [0.25, 0.3) is 5.91 Å². The third-order valence-electron chi connectivity index (χ3n) is 5.42. The van der Waals surface area contributed by atoms with Gasteiger partial charge in [0.2, 0.25) is 5.88 Å². The molecular weight excluding hydrogens is 386 g/mol. The van der Waals surface area contributed by atoms with Crippen LogP contribution in [0.2, 0.25) is 0 Å². The van der Waals surface area contributed by atoms with Crippen LogP contribution in [0.4, 0.5) is 0 Å². The largest absolute Gasteiger partial charge is 0.439 e. The van der Waals surface area contributed by atoms with Gasteiger partial charge in [0.15, 0.2) is 0 Å². The maximum absolute atomic E-state index is 12.4. The molecule has 0 radical (unpaired) electrons. The van der Waals surface area contributed by atoms with Crippen LogP contribution in [-0.4, -0.2) is 17.4 Å². The fourth-order valence-corrected chi connectivity index (χ4v) is 3.55. The molecule has 1 aromatic carbocycles. The molecule has 5 heteroatoms. The summed E-state index contributed by atoms with van der Waals surface area (Å²) in [5.74, 6) is 0.992. The Kier molecular flexibility index (Phi) is 12.4. The fraction of sp³-hybridized carbons (Fsp3) is 0.538. The van der Waals surface area contributed by atoms with Crippen molar-refractivity contribution >= 4 is 5.91 Å². The third-order valence-corrected chi connectivity index (χ3v) is 5.42. The standard InChI is InChI=1S/C26H39N3O2/c1-2-3-4-5-6-7-8-9-10-11-12-17-29-26(30)23-14-13-15-24(20-23)31-25-19-22(21-27)16-18-28-25/h13-16,18-20H,2-12,17,21,27H2,1H3,(H,29,30). The number of ether oxygens (including phenoxy) is 1. The smallest absolute Gasteiger partial charge is 0.251 e. The lowest BCUT2D eigenvalue weighted by molar-refractivity contribution is 0.0952. The fourth-order valence-electron chi connectivity index (χ4n) is 3.55. The van der Waals surface area contributed by atoms with E-state index in [9.17, 15) is 4.79 Å². The van der Waals surface area contributed by atoms with Crippen molar-refractivity contribution in [2.75, 3.05) is 6.54 Å². The SMILES string of the molecule is CCCCCCCCCCCCCNC(=O)c1cccc(Oc2cc(CN)ccn2)c1. The van der Waals surface area contributed by atoms with E-state index in [0.29, 0.717) is 30.3 Å². The van der Waals surface area contributed by atoms with Gasteiger partial charge in [-0.15, -0.1) is 0 Å². The lowest BCUT2D eigenvalue weighted by atomic mass is 10.1. The third kappa shape index (κ3) is 10.5. The highest BCUT2D eigenvalue weighted by Gasteiger charge is 2.07. The zero-order valence-corrected chi connectivity index (χ0v) is 19.1. The number of carbonyl (C=O) groups is 1. The second-order valence-corrected chi connectivity index (χ2v) is 8.13. The molecule has 0 fully saturated rings. The minimum absolute atomic E-state index is 0.0683. The van der Waals surface area contributed by atoms with Crippen LogP contribution in [0, 0.1) is 0 Å². The second kappa shape index (κ2) is 15.4. The zero-order valence-electron chi connectivity index (χ0n) is 19.1. The minimum atomic E-state index is -0.0683. The molecule has 2 aromatic rings. The van der Waals surface area contributed by atoms with Crippen LogP contribution in [0.5, 0.6) is 11.6 Å². The van der Waals surface area contributed by atoms with Crippen molar-refractivity contribution < 1.29 is 9.53 Å². The number of benzene rings is 1. The summed E-state index contributed by atoms with van der Waals surface area (Å²) in [6, 6.07) is 10.8. The molecule has 1 heterocycles. The van der Waals surface area contributed by atoms with Crippen LogP contribution < -0.4 is 15.8 Å². The molecule has 0 unspecified atom stereocenters. The number of hydrogen-bond donors (Lipinski definition) is 2. The van der Waals surface area contributed by atoms with Gasteiger partial charge in [-0.05, 0) is 36.2 Å². The Bertz CT molecular complexity index is 764. The van der Waals surface area contributed by atoms with E-state index < -0.39 is 0 Å². The average molecular weight is 426 g/mol. The molecule has 3 N–H and O–H groups in total. The quantitative estimate of drug-likeness (QED) is 0.306. The molecule has 31 heavy (non-hydrogen) atoms. The van der Waals surface area contributed by atoms with E-state index in [1.54, 1.807) is 24.4 Å². The van der Waals surface area contributed by atoms with Gasteiger partial charge in [0, 0.05) is 30.9 Å². The number of amides is 1. The van der Waals surface area contributed by atoms with Crippen LogP contribution in [0.15, 0.2) is 42.6 Å². The van der Waals surface area contributed by atoms with Gasteiger partial charge in [0.05, 0.1) is 0 Å². The van der Waals surface area contributed by atoms with Gasteiger partial charge in [-0.1, -0.05) is 77.2 Å². The first-order chi connectivity index (χ1) is 15.2. The number of nitrogens with two attached hydrogens (primary N) is 1. The number of nitrogens with one attached hydrogen (secondary N) is 1. The first-order valence-corrected chi connectivity index (χ1v) is 11.9. The summed E-state index contributed by atoms with van der Waals surface area (Å²) in [4.78, 5) is 16.6. The highest BCUT2D eigenvalue weighted by atomic mass is 16.5. The molecule has 0 atom stereocenters. The van der Waals surface area contributed by atoms with Gasteiger partial charge in [0.1, 0.15) is 5.75 Å². The number of aromatic nitrogens is 1. The zero-order chi connectivity index (χ0) is 22.2. The Labute approximate surface area is 187 Å². The van der Waals surface area contributed by atoms with E-state index in [1.165, 1.54) is 64.2 Å². The Morgan fingerprint density at radius 1 is 0.935 bits per heavy atom. The summed E-state index contributed by atoms with van der Waals surface area (Å²) in [7, 11) is 0. The minimum Gasteiger partial charge on any atom is -0.439 e. The van der Waals surface area contributed by atoms with Crippen molar-refractivity contribution in [3.63, 3.8) is 0 Å². The van der Waals surface area contributed by atoms with Gasteiger partial charge in [-0.3, -0.25) is 4.79 Å². The van der Waals surface area contributed by atoms with Gasteiger partial charge in [-0.2, -0.15) is 0 Å².